The van der Waals surface area contributed by atoms with Crippen molar-refractivity contribution < 1.29 is 9.47 Å². The van der Waals surface area contributed by atoms with Gasteiger partial charge in [-0.3, -0.25) is 9.88 Å². The number of nitrogens with zero attached hydrogens (tertiary/aromatic N) is 2. The fourth-order valence-corrected chi connectivity index (χ4v) is 4.16. The molecule has 124 valence electrons. The first-order valence-corrected chi connectivity index (χ1v) is 9.79. The zero-order chi connectivity index (χ0) is 16.1. The van der Waals surface area contributed by atoms with E-state index in [1.54, 1.807) is 6.20 Å². The van der Waals surface area contributed by atoms with E-state index in [-0.39, 0.29) is 6.10 Å². The van der Waals surface area contributed by atoms with E-state index >= 15 is 0 Å². The summed E-state index contributed by atoms with van der Waals surface area (Å²) >= 11 is 3.69. The van der Waals surface area contributed by atoms with Crippen molar-refractivity contribution >= 4 is 23.1 Å². The van der Waals surface area contributed by atoms with Crippen LogP contribution in [0.3, 0.4) is 0 Å². The Morgan fingerprint density at radius 2 is 2.30 bits per heavy atom. The van der Waals surface area contributed by atoms with Gasteiger partial charge in [0.2, 0.25) is 0 Å². The van der Waals surface area contributed by atoms with Gasteiger partial charge in [0.1, 0.15) is 18.5 Å². The minimum atomic E-state index is 0.116. The Kier molecular flexibility index (Phi) is 5.94. The molecule has 2 aromatic rings. The van der Waals surface area contributed by atoms with Crippen LogP contribution < -0.4 is 4.74 Å². The van der Waals surface area contributed by atoms with Crippen LogP contribution in [0, 0.1) is 6.92 Å². The second-order valence-electron chi connectivity index (χ2n) is 5.60. The van der Waals surface area contributed by atoms with Gasteiger partial charge < -0.3 is 9.47 Å². The molecular weight excluding hydrogens is 328 g/mol. The second-order valence-corrected chi connectivity index (χ2v) is 7.87. The molecule has 23 heavy (non-hydrogen) atoms. The molecule has 1 aliphatic rings. The van der Waals surface area contributed by atoms with Crippen LogP contribution in [0.4, 0.5) is 0 Å². The Morgan fingerprint density at radius 3 is 3.04 bits per heavy atom. The van der Waals surface area contributed by atoms with E-state index in [0.29, 0.717) is 6.61 Å². The normalized spacial score (nSPS) is 19.0. The molecule has 4 nitrogen and oxygen atoms in total. The minimum absolute atomic E-state index is 0.116. The van der Waals surface area contributed by atoms with E-state index < -0.39 is 0 Å². The van der Waals surface area contributed by atoms with Crippen LogP contribution in [0.15, 0.2) is 34.7 Å². The van der Waals surface area contributed by atoms with Gasteiger partial charge in [0, 0.05) is 30.2 Å². The van der Waals surface area contributed by atoms with Crippen molar-refractivity contribution in [2.45, 2.75) is 23.8 Å². The van der Waals surface area contributed by atoms with Crippen molar-refractivity contribution in [1.82, 2.24) is 9.88 Å². The average molecular weight is 351 g/mol. The third-order valence-corrected chi connectivity index (χ3v) is 5.91. The van der Waals surface area contributed by atoms with Gasteiger partial charge in [-0.15, -0.1) is 23.1 Å². The maximum Gasteiger partial charge on any atom is 0.137 e. The fraction of sp³-hybridized carbons (Fsp3) is 0.471. The van der Waals surface area contributed by atoms with Gasteiger partial charge in [0.05, 0.1) is 17.0 Å². The first kappa shape index (κ1) is 16.8. The quantitative estimate of drug-likeness (QED) is 0.746. The summed E-state index contributed by atoms with van der Waals surface area (Å²) in [4.78, 5) is 8.11. The summed E-state index contributed by atoms with van der Waals surface area (Å²) < 4.78 is 13.0. The number of ether oxygens (including phenoxy) is 2. The molecule has 6 heteroatoms. The molecule has 0 radical (unpaired) electrons. The van der Waals surface area contributed by atoms with Crippen molar-refractivity contribution in [3.63, 3.8) is 0 Å². The topological polar surface area (TPSA) is 34.6 Å². The predicted molar refractivity (Wildman–Crippen MR) is 95.6 cm³/mol. The first-order valence-electron chi connectivity index (χ1n) is 7.75. The summed E-state index contributed by atoms with van der Waals surface area (Å²) in [6, 6.07) is 8.35. The number of thiophene rings is 1. The number of hydrogen-bond donors (Lipinski definition) is 0. The fourth-order valence-electron chi connectivity index (χ4n) is 2.53. The Balaban J connectivity index is 1.48. The largest absolute Gasteiger partial charge is 0.489 e. The first-order chi connectivity index (χ1) is 11.2. The third-order valence-electron chi connectivity index (χ3n) is 3.76. The molecule has 1 aliphatic heterocycles. The van der Waals surface area contributed by atoms with Crippen LogP contribution >= 0.6 is 23.1 Å². The standard InChI is InChI=1S/C17H22N2O2S2/c1-13-3-4-14(9-18-13)21-12-15-10-19(7-8-20-15)11-16-5-6-17(22-2)23-16/h3-6,9,15H,7-8,10-12H2,1-2H3. The molecule has 0 amide bonds. The zero-order valence-corrected chi connectivity index (χ0v) is 15.2. The van der Waals surface area contributed by atoms with E-state index in [9.17, 15) is 0 Å². The molecule has 1 atom stereocenters. The highest BCUT2D eigenvalue weighted by Crippen LogP contribution is 2.26. The maximum atomic E-state index is 5.83. The highest BCUT2D eigenvalue weighted by Gasteiger charge is 2.21. The lowest BCUT2D eigenvalue weighted by molar-refractivity contribution is -0.0502. The van der Waals surface area contributed by atoms with Crippen LogP contribution in [-0.2, 0) is 11.3 Å². The summed E-state index contributed by atoms with van der Waals surface area (Å²) in [5, 5.41) is 0. The van der Waals surface area contributed by atoms with E-state index in [1.165, 1.54) is 9.09 Å². The second kappa shape index (κ2) is 8.15. The molecule has 0 spiro atoms. The third kappa shape index (κ3) is 4.94. The summed E-state index contributed by atoms with van der Waals surface area (Å²) in [7, 11) is 0. The predicted octanol–water partition coefficient (Wildman–Crippen LogP) is 3.45. The monoisotopic (exact) mass is 350 g/mol. The summed E-state index contributed by atoms with van der Waals surface area (Å²) in [5.74, 6) is 0.805. The number of thioether (sulfide) groups is 1. The highest BCUT2D eigenvalue weighted by molar-refractivity contribution is 8.00. The lowest BCUT2D eigenvalue weighted by Crippen LogP contribution is -2.44. The molecule has 0 aliphatic carbocycles. The van der Waals surface area contributed by atoms with Gasteiger partial charge in [0.25, 0.3) is 0 Å². The number of rotatable bonds is 6. The van der Waals surface area contributed by atoms with E-state index in [4.69, 9.17) is 9.47 Å². The molecular formula is C17H22N2O2S2. The summed E-state index contributed by atoms with van der Waals surface area (Å²) in [6.45, 7) is 6.19. The Bertz CT molecular complexity index is 615. The average Bonchev–Trinajstić information content (AvgIpc) is 3.02. The maximum absolute atomic E-state index is 5.83. The Morgan fingerprint density at radius 1 is 1.39 bits per heavy atom. The van der Waals surface area contributed by atoms with Gasteiger partial charge in [-0.2, -0.15) is 0 Å². The van der Waals surface area contributed by atoms with Crippen molar-refractivity contribution in [1.29, 1.82) is 0 Å². The molecule has 2 aromatic heterocycles. The zero-order valence-electron chi connectivity index (χ0n) is 13.5. The van der Waals surface area contributed by atoms with Crippen LogP contribution in [0.25, 0.3) is 0 Å². The highest BCUT2D eigenvalue weighted by atomic mass is 32.2. The van der Waals surface area contributed by atoms with Gasteiger partial charge in [-0.1, -0.05) is 0 Å². The molecule has 0 bridgehead atoms. The lowest BCUT2D eigenvalue weighted by atomic mass is 10.2. The Labute approximate surface area is 145 Å². The van der Waals surface area contributed by atoms with Crippen molar-refractivity contribution in [2.75, 3.05) is 32.6 Å². The molecule has 0 saturated carbocycles. The van der Waals surface area contributed by atoms with E-state index in [2.05, 4.69) is 28.3 Å². The molecule has 3 rings (SSSR count). The van der Waals surface area contributed by atoms with Crippen LogP contribution in [0.5, 0.6) is 5.75 Å². The molecule has 1 saturated heterocycles. The van der Waals surface area contributed by atoms with Crippen LogP contribution in [0.2, 0.25) is 0 Å². The van der Waals surface area contributed by atoms with E-state index in [1.807, 2.05) is 42.2 Å². The smallest absolute Gasteiger partial charge is 0.137 e. The van der Waals surface area contributed by atoms with Gasteiger partial charge in [0.15, 0.2) is 0 Å². The minimum Gasteiger partial charge on any atom is -0.489 e. The number of hydrogen-bond acceptors (Lipinski definition) is 6. The van der Waals surface area contributed by atoms with Crippen molar-refractivity contribution in [3.8, 4) is 5.75 Å². The number of morpholine rings is 1. The summed E-state index contributed by atoms with van der Waals surface area (Å²) in [6.07, 6.45) is 4.01. The molecule has 3 heterocycles. The van der Waals surface area contributed by atoms with Gasteiger partial charge in [-0.05, 0) is 37.4 Å². The Hall–Kier alpha value is -1.08. The van der Waals surface area contributed by atoms with Gasteiger partial charge >= 0.3 is 0 Å². The van der Waals surface area contributed by atoms with Crippen molar-refractivity contribution in [2.24, 2.45) is 0 Å². The van der Waals surface area contributed by atoms with Crippen molar-refractivity contribution in [3.05, 3.63) is 41.0 Å². The molecule has 0 aromatic carbocycles. The SMILES string of the molecule is CSc1ccc(CN2CCOC(COc3ccc(C)nc3)C2)s1. The summed E-state index contributed by atoms with van der Waals surface area (Å²) in [5.41, 5.74) is 0.998. The molecule has 0 N–H and O–H groups in total. The lowest BCUT2D eigenvalue weighted by Gasteiger charge is -2.32. The number of aryl methyl sites for hydroxylation is 1. The molecule has 1 fully saturated rings. The number of pyridine rings is 1. The molecule has 1 unspecified atom stereocenters. The van der Waals surface area contributed by atoms with Gasteiger partial charge in [-0.25, -0.2) is 0 Å². The van der Waals surface area contributed by atoms with E-state index in [0.717, 1.165) is 37.7 Å². The number of aromatic nitrogens is 1. The van der Waals surface area contributed by atoms with Crippen LogP contribution in [0.1, 0.15) is 10.6 Å². The van der Waals surface area contributed by atoms with Crippen LogP contribution in [-0.4, -0.2) is 48.5 Å².